The Balaban J connectivity index is 2.02. The van der Waals surface area contributed by atoms with Crippen molar-refractivity contribution in [3.05, 3.63) is 70.8 Å². The van der Waals surface area contributed by atoms with E-state index in [1.807, 2.05) is 43.3 Å². The molecule has 3 heteroatoms. The average Bonchev–Trinajstić information content (AvgIpc) is 2.41. The molecule has 0 spiro atoms. The van der Waals surface area contributed by atoms with Gasteiger partial charge in [-0.15, -0.1) is 0 Å². The molecule has 2 aromatic carbocycles. The normalized spacial score (nSPS) is 10.6. The molecule has 96 valence electrons. The highest BCUT2D eigenvalue weighted by Crippen LogP contribution is 2.20. The predicted molar refractivity (Wildman–Crippen MR) is 80.3 cm³/mol. The number of nitrogens with one attached hydrogen (secondary N) is 1. The van der Waals surface area contributed by atoms with E-state index < -0.39 is 0 Å². The lowest BCUT2D eigenvalue weighted by Gasteiger charge is -2.03. The van der Waals surface area contributed by atoms with E-state index in [-0.39, 0.29) is 5.91 Å². The summed E-state index contributed by atoms with van der Waals surface area (Å²) in [5.41, 5.74) is 2.79. The monoisotopic (exact) mass is 271 g/mol. The molecule has 0 atom stereocenters. The fourth-order valence-corrected chi connectivity index (χ4v) is 1.77. The second-order valence-corrected chi connectivity index (χ2v) is 4.62. The minimum atomic E-state index is -0.200. The van der Waals surface area contributed by atoms with Gasteiger partial charge in [-0.25, -0.2) is 0 Å². The van der Waals surface area contributed by atoms with Crippen LogP contribution in [0.5, 0.6) is 0 Å². The molecular weight excluding hydrogens is 258 g/mol. The van der Waals surface area contributed by atoms with Crippen molar-refractivity contribution in [2.24, 2.45) is 0 Å². The number of aryl methyl sites for hydroxylation is 1. The van der Waals surface area contributed by atoms with Gasteiger partial charge in [0.1, 0.15) is 0 Å². The van der Waals surface area contributed by atoms with Crippen LogP contribution in [0.3, 0.4) is 0 Å². The number of anilines is 1. The quantitative estimate of drug-likeness (QED) is 0.829. The van der Waals surface area contributed by atoms with Gasteiger partial charge in [-0.2, -0.15) is 0 Å². The van der Waals surface area contributed by atoms with Gasteiger partial charge in [0.15, 0.2) is 0 Å². The van der Waals surface area contributed by atoms with Crippen LogP contribution in [0.4, 0.5) is 5.69 Å². The lowest BCUT2D eigenvalue weighted by molar-refractivity contribution is -0.111. The topological polar surface area (TPSA) is 29.1 Å². The highest BCUT2D eigenvalue weighted by Gasteiger charge is 2.01. The number of halogens is 1. The number of para-hydroxylation sites is 1. The Morgan fingerprint density at radius 1 is 1.11 bits per heavy atom. The minimum absolute atomic E-state index is 0.200. The Bertz CT molecular complexity index is 602. The van der Waals surface area contributed by atoms with Gasteiger partial charge in [0.05, 0.1) is 10.7 Å². The van der Waals surface area contributed by atoms with E-state index in [0.717, 1.165) is 5.56 Å². The van der Waals surface area contributed by atoms with Crippen LogP contribution >= 0.6 is 11.6 Å². The van der Waals surface area contributed by atoms with Crippen LogP contribution in [0.2, 0.25) is 5.02 Å². The first-order valence-corrected chi connectivity index (χ1v) is 6.33. The summed E-state index contributed by atoms with van der Waals surface area (Å²) in [6.07, 6.45) is 3.26. The number of carbonyl (C=O) groups excluding carboxylic acids is 1. The molecule has 0 heterocycles. The molecule has 0 aromatic heterocycles. The summed E-state index contributed by atoms with van der Waals surface area (Å²) in [4.78, 5) is 11.7. The first-order valence-electron chi connectivity index (χ1n) is 5.95. The number of rotatable bonds is 3. The maximum Gasteiger partial charge on any atom is 0.248 e. The molecule has 0 aliphatic carbocycles. The summed E-state index contributed by atoms with van der Waals surface area (Å²) in [5.74, 6) is -0.200. The van der Waals surface area contributed by atoms with Crippen molar-refractivity contribution in [3.8, 4) is 0 Å². The summed E-state index contributed by atoms with van der Waals surface area (Å²) in [5, 5.41) is 3.26. The fraction of sp³-hybridized carbons (Fsp3) is 0.0625. The molecule has 2 rings (SSSR count). The molecule has 2 nitrogen and oxygen atoms in total. The van der Waals surface area contributed by atoms with E-state index >= 15 is 0 Å². The third-order valence-corrected chi connectivity index (χ3v) is 2.97. The van der Waals surface area contributed by atoms with Gasteiger partial charge in [-0.05, 0) is 30.7 Å². The minimum Gasteiger partial charge on any atom is -0.321 e. The lowest BCUT2D eigenvalue weighted by atomic mass is 10.1. The number of hydrogen-bond acceptors (Lipinski definition) is 1. The van der Waals surface area contributed by atoms with Crippen LogP contribution in [0.1, 0.15) is 11.1 Å². The maximum absolute atomic E-state index is 11.7. The number of hydrogen-bond donors (Lipinski definition) is 1. The number of benzene rings is 2. The summed E-state index contributed by atoms with van der Waals surface area (Å²) < 4.78 is 0. The van der Waals surface area contributed by atoms with Crippen LogP contribution in [-0.4, -0.2) is 5.91 Å². The van der Waals surface area contributed by atoms with E-state index in [2.05, 4.69) is 5.32 Å². The van der Waals surface area contributed by atoms with E-state index in [4.69, 9.17) is 11.6 Å². The third kappa shape index (κ3) is 3.97. The van der Waals surface area contributed by atoms with Crippen LogP contribution in [-0.2, 0) is 4.79 Å². The van der Waals surface area contributed by atoms with Crippen molar-refractivity contribution in [1.29, 1.82) is 0 Å². The largest absolute Gasteiger partial charge is 0.321 e. The number of amides is 1. The van der Waals surface area contributed by atoms with Crippen LogP contribution in [0, 0.1) is 6.92 Å². The third-order valence-electron chi connectivity index (χ3n) is 2.64. The Labute approximate surface area is 117 Å². The second-order valence-electron chi connectivity index (χ2n) is 4.21. The number of carbonyl (C=O) groups is 1. The van der Waals surface area contributed by atoms with Crippen LogP contribution in [0.25, 0.3) is 6.08 Å². The van der Waals surface area contributed by atoms with Gasteiger partial charge < -0.3 is 5.32 Å². The summed E-state index contributed by atoms with van der Waals surface area (Å²) in [6, 6.07) is 15.1. The zero-order chi connectivity index (χ0) is 13.7. The fourth-order valence-electron chi connectivity index (χ4n) is 1.59. The molecule has 0 aliphatic rings. The van der Waals surface area contributed by atoms with Crippen molar-refractivity contribution < 1.29 is 4.79 Å². The molecule has 1 N–H and O–H groups in total. The van der Waals surface area contributed by atoms with Gasteiger partial charge >= 0.3 is 0 Å². The molecule has 19 heavy (non-hydrogen) atoms. The summed E-state index contributed by atoms with van der Waals surface area (Å²) in [6.45, 7) is 2.03. The van der Waals surface area contributed by atoms with Crippen molar-refractivity contribution in [2.75, 3.05) is 5.32 Å². The molecule has 0 saturated heterocycles. The summed E-state index contributed by atoms with van der Waals surface area (Å²) >= 11 is 5.96. The van der Waals surface area contributed by atoms with Gasteiger partial charge in [0.25, 0.3) is 0 Å². The van der Waals surface area contributed by atoms with Crippen molar-refractivity contribution in [1.82, 2.24) is 0 Å². The first kappa shape index (κ1) is 13.4. The van der Waals surface area contributed by atoms with Crippen LogP contribution < -0.4 is 5.32 Å². The van der Waals surface area contributed by atoms with Gasteiger partial charge in [-0.3, -0.25) is 4.79 Å². The van der Waals surface area contributed by atoms with E-state index in [1.54, 1.807) is 18.2 Å². The molecule has 0 aliphatic heterocycles. The second kappa shape index (κ2) is 6.21. The van der Waals surface area contributed by atoms with Crippen molar-refractivity contribution in [2.45, 2.75) is 6.92 Å². The Morgan fingerprint density at radius 2 is 1.79 bits per heavy atom. The first-order chi connectivity index (χ1) is 9.15. The van der Waals surface area contributed by atoms with Gasteiger partial charge in [0, 0.05) is 6.08 Å². The highest BCUT2D eigenvalue weighted by molar-refractivity contribution is 6.33. The molecular formula is C16H14ClNO. The molecule has 1 amide bonds. The van der Waals surface area contributed by atoms with Crippen LogP contribution in [0.15, 0.2) is 54.6 Å². The molecule has 0 bridgehead atoms. The lowest BCUT2D eigenvalue weighted by Crippen LogP contribution is -2.07. The van der Waals surface area contributed by atoms with E-state index in [1.165, 1.54) is 11.6 Å². The Morgan fingerprint density at radius 3 is 2.47 bits per heavy atom. The van der Waals surface area contributed by atoms with Crippen molar-refractivity contribution >= 4 is 29.3 Å². The Kier molecular flexibility index (Phi) is 4.37. The predicted octanol–water partition coefficient (Wildman–Crippen LogP) is 4.30. The van der Waals surface area contributed by atoms with Gasteiger partial charge in [-0.1, -0.05) is 53.6 Å². The SMILES string of the molecule is Cc1ccc(C=CC(=O)Nc2ccccc2Cl)cc1. The Hall–Kier alpha value is -2.06. The molecule has 2 aromatic rings. The highest BCUT2D eigenvalue weighted by atomic mass is 35.5. The standard InChI is InChI=1S/C16H14ClNO/c1-12-6-8-13(9-7-12)10-11-16(19)18-15-5-3-2-4-14(15)17/h2-11H,1H3,(H,18,19). The zero-order valence-corrected chi connectivity index (χ0v) is 11.3. The molecule has 0 saturated carbocycles. The molecule has 0 unspecified atom stereocenters. The van der Waals surface area contributed by atoms with Gasteiger partial charge in [0.2, 0.25) is 5.91 Å². The zero-order valence-electron chi connectivity index (χ0n) is 10.6. The smallest absolute Gasteiger partial charge is 0.248 e. The summed E-state index contributed by atoms with van der Waals surface area (Å²) in [7, 11) is 0. The maximum atomic E-state index is 11.7. The average molecular weight is 272 g/mol. The van der Waals surface area contributed by atoms with E-state index in [0.29, 0.717) is 10.7 Å². The molecule has 0 radical (unpaired) electrons. The molecule has 0 fully saturated rings. The van der Waals surface area contributed by atoms with E-state index in [9.17, 15) is 4.79 Å². The van der Waals surface area contributed by atoms with Crippen molar-refractivity contribution in [3.63, 3.8) is 0 Å².